The lowest BCUT2D eigenvalue weighted by atomic mass is 9.92. The summed E-state index contributed by atoms with van der Waals surface area (Å²) in [5.74, 6) is 0.623. The number of hydrogen-bond acceptors (Lipinski definition) is 1. The molecule has 1 unspecified atom stereocenters. The fourth-order valence-corrected chi connectivity index (χ4v) is 1.97. The number of benzene rings is 1. The molecule has 0 saturated carbocycles. The van der Waals surface area contributed by atoms with Crippen LogP contribution in [0.15, 0.2) is 24.3 Å². The lowest BCUT2D eigenvalue weighted by Crippen LogP contribution is -2.00. The molecule has 0 aliphatic carbocycles. The summed E-state index contributed by atoms with van der Waals surface area (Å²) in [4.78, 5) is 0. The van der Waals surface area contributed by atoms with Crippen LogP contribution < -0.4 is 0 Å². The minimum absolute atomic E-state index is 0.623. The average molecular weight is 205 g/mol. The Hall–Kier alpha value is -0.603. The lowest BCUT2D eigenvalue weighted by Gasteiger charge is -2.15. The molecule has 14 heavy (non-hydrogen) atoms. The van der Waals surface area contributed by atoms with Gasteiger partial charge in [0, 0.05) is 0 Å². The van der Waals surface area contributed by atoms with Gasteiger partial charge < -0.3 is 4.43 Å². The van der Waals surface area contributed by atoms with Crippen LogP contribution in [0, 0.1) is 0 Å². The van der Waals surface area contributed by atoms with E-state index in [0.29, 0.717) is 12.5 Å². The van der Waals surface area contributed by atoms with Crippen LogP contribution in [-0.4, -0.2) is 10.5 Å². The van der Waals surface area contributed by atoms with Crippen LogP contribution in [-0.2, 0) is 11.0 Å². The summed E-state index contributed by atoms with van der Waals surface area (Å²) in [6, 6.07) is 8.48. The van der Waals surface area contributed by atoms with Crippen LogP contribution >= 0.6 is 0 Å². The maximum atomic E-state index is 5.00. The molecule has 0 bridgehead atoms. The summed E-state index contributed by atoms with van der Waals surface area (Å²) in [6.07, 6.45) is 2.46. The Bertz CT molecular complexity index is 273. The van der Waals surface area contributed by atoms with E-state index in [1.807, 2.05) is 0 Å². The van der Waals surface area contributed by atoms with Gasteiger partial charge in [-0.2, -0.15) is 0 Å². The third-order valence-corrected chi connectivity index (χ3v) is 2.68. The van der Waals surface area contributed by atoms with Gasteiger partial charge in [0.15, 0.2) is 0 Å². The second-order valence-corrected chi connectivity index (χ2v) is 3.97. The molecular weight excluding hydrogens is 188 g/mol. The Morgan fingerprint density at radius 2 is 2.07 bits per heavy atom. The van der Waals surface area contributed by atoms with Crippen molar-refractivity contribution in [3.63, 3.8) is 0 Å². The zero-order chi connectivity index (χ0) is 10.4. The minimum Gasteiger partial charge on any atom is -0.414 e. The molecule has 0 saturated heterocycles. The standard InChI is InChI=1S/C12H17OSi/c1-3-6-10(2)12-8-5-4-7-11(12)9-13-14/h4-5,7-8,10H,3,6,9H2,1-2H3. The van der Waals surface area contributed by atoms with Crippen LogP contribution in [0.3, 0.4) is 0 Å². The van der Waals surface area contributed by atoms with Crippen molar-refractivity contribution in [3.8, 4) is 0 Å². The van der Waals surface area contributed by atoms with Crippen LogP contribution in [0.4, 0.5) is 0 Å². The number of rotatable bonds is 5. The molecule has 3 radical (unpaired) electrons. The molecule has 1 nitrogen and oxygen atoms in total. The van der Waals surface area contributed by atoms with Crippen molar-refractivity contribution in [2.24, 2.45) is 0 Å². The molecule has 1 atom stereocenters. The summed E-state index contributed by atoms with van der Waals surface area (Å²) in [5, 5.41) is 0. The second kappa shape index (κ2) is 5.99. The van der Waals surface area contributed by atoms with Crippen LogP contribution in [0.5, 0.6) is 0 Å². The van der Waals surface area contributed by atoms with E-state index in [1.54, 1.807) is 0 Å². The Balaban J connectivity index is 2.82. The molecule has 0 spiro atoms. The second-order valence-electron chi connectivity index (χ2n) is 3.68. The van der Waals surface area contributed by atoms with Crippen LogP contribution in [0.1, 0.15) is 43.7 Å². The van der Waals surface area contributed by atoms with Crippen molar-refractivity contribution in [1.29, 1.82) is 0 Å². The molecule has 2 heteroatoms. The highest BCUT2D eigenvalue weighted by atomic mass is 28.2. The first-order valence-electron chi connectivity index (χ1n) is 5.16. The van der Waals surface area contributed by atoms with Gasteiger partial charge in [-0.15, -0.1) is 0 Å². The van der Waals surface area contributed by atoms with Gasteiger partial charge in [-0.3, -0.25) is 0 Å². The van der Waals surface area contributed by atoms with E-state index in [4.69, 9.17) is 4.43 Å². The van der Waals surface area contributed by atoms with E-state index in [1.165, 1.54) is 24.0 Å². The van der Waals surface area contributed by atoms with Crippen LogP contribution in [0.2, 0.25) is 0 Å². The van der Waals surface area contributed by atoms with Gasteiger partial charge in [-0.25, -0.2) is 0 Å². The lowest BCUT2D eigenvalue weighted by molar-refractivity contribution is 0.336. The van der Waals surface area contributed by atoms with E-state index in [2.05, 4.69) is 48.6 Å². The monoisotopic (exact) mass is 205 g/mol. The van der Waals surface area contributed by atoms with Crippen molar-refractivity contribution in [2.75, 3.05) is 0 Å². The number of hydrogen-bond donors (Lipinski definition) is 0. The Morgan fingerprint density at radius 1 is 1.36 bits per heavy atom. The van der Waals surface area contributed by atoms with Crippen molar-refractivity contribution in [2.45, 2.75) is 39.2 Å². The fourth-order valence-electron chi connectivity index (χ4n) is 1.81. The molecule has 0 fully saturated rings. The van der Waals surface area contributed by atoms with Gasteiger partial charge >= 0.3 is 0 Å². The highest BCUT2D eigenvalue weighted by Gasteiger charge is 2.08. The SMILES string of the molecule is CCCC(C)c1ccccc1CO[Si]. The summed E-state index contributed by atoms with van der Waals surface area (Å²) < 4.78 is 5.00. The zero-order valence-corrected chi connectivity index (χ0v) is 9.92. The predicted octanol–water partition coefficient (Wildman–Crippen LogP) is 3.19. The minimum atomic E-state index is 0.623. The largest absolute Gasteiger partial charge is 0.414 e. The van der Waals surface area contributed by atoms with E-state index < -0.39 is 0 Å². The van der Waals surface area contributed by atoms with Crippen LogP contribution in [0.25, 0.3) is 0 Å². The van der Waals surface area contributed by atoms with Gasteiger partial charge in [-0.1, -0.05) is 44.5 Å². The summed E-state index contributed by atoms with van der Waals surface area (Å²) in [6.45, 7) is 5.14. The maximum Gasteiger partial charge on any atom is 0.246 e. The van der Waals surface area contributed by atoms with E-state index in [9.17, 15) is 0 Å². The highest BCUT2D eigenvalue weighted by molar-refractivity contribution is 5.97. The van der Waals surface area contributed by atoms with Gasteiger partial charge in [0.25, 0.3) is 0 Å². The summed E-state index contributed by atoms with van der Waals surface area (Å²) >= 11 is 0. The quantitative estimate of drug-likeness (QED) is 0.671. The van der Waals surface area contributed by atoms with E-state index >= 15 is 0 Å². The topological polar surface area (TPSA) is 9.23 Å². The molecule has 0 N–H and O–H groups in total. The highest BCUT2D eigenvalue weighted by Crippen LogP contribution is 2.24. The zero-order valence-electron chi connectivity index (χ0n) is 8.92. The first-order valence-corrected chi connectivity index (χ1v) is 5.56. The third-order valence-electron chi connectivity index (χ3n) is 2.54. The van der Waals surface area contributed by atoms with Crippen molar-refractivity contribution >= 4 is 10.5 Å². The maximum absolute atomic E-state index is 5.00. The molecule has 0 amide bonds. The van der Waals surface area contributed by atoms with Crippen molar-refractivity contribution in [1.82, 2.24) is 0 Å². The first kappa shape index (κ1) is 11.5. The van der Waals surface area contributed by atoms with Crippen molar-refractivity contribution < 1.29 is 4.43 Å². The normalized spacial score (nSPS) is 12.8. The van der Waals surface area contributed by atoms with Gasteiger partial charge in [0.2, 0.25) is 10.5 Å². The molecule has 0 aliphatic heterocycles. The molecule has 0 aliphatic rings. The van der Waals surface area contributed by atoms with Gasteiger partial charge in [-0.05, 0) is 23.5 Å². The molecular formula is C12H17OSi. The molecule has 1 aromatic carbocycles. The molecule has 75 valence electrons. The van der Waals surface area contributed by atoms with Gasteiger partial charge in [0.05, 0.1) is 6.61 Å². The first-order chi connectivity index (χ1) is 6.79. The fraction of sp³-hybridized carbons (Fsp3) is 0.500. The smallest absolute Gasteiger partial charge is 0.246 e. The molecule has 1 rings (SSSR count). The van der Waals surface area contributed by atoms with Crippen molar-refractivity contribution in [3.05, 3.63) is 35.4 Å². The molecule has 0 aromatic heterocycles. The van der Waals surface area contributed by atoms with E-state index in [0.717, 1.165) is 0 Å². The Kier molecular flexibility index (Phi) is 4.91. The Morgan fingerprint density at radius 3 is 2.71 bits per heavy atom. The molecule has 0 heterocycles. The summed E-state index contributed by atoms with van der Waals surface area (Å²) in [5.41, 5.74) is 2.69. The van der Waals surface area contributed by atoms with Gasteiger partial charge in [0.1, 0.15) is 0 Å². The van der Waals surface area contributed by atoms with E-state index in [-0.39, 0.29) is 0 Å². The average Bonchev–Trinajstić information content (AvgIpc) is 2.19. The third kappa shape index (κ3) is 2.96. The summed E-state index contributed by atoms with van der Waals surface area (Å²) in [7, 11) is 3.05. The predicted molar refractivity (Wildman–Crippen MR) is 60.3 cm³/mol. The Labute approximate surface area is 90.0 Å². The molecule has 1 aromatic rings.